The van der Waals surface area contributed by atoms with Gasteiger partial charge in [-0.05, 0) is 26.0 Å². The second-order valence-electron chi connectivity index (χ2n) is 2.70. The average Bonchev–Trinajstić information content (AvgIpc) is 2.34. The monoisotopic (exact) mass is 152 g/mol. The molecule has 0 bridgehead atoms. The highest BCUT2D eigenvalue weighted by Gasteiger charge is 1.98. The first-order chi connectivity index (χ1) is 5.24. The molecular weight excluding hydrogens is 140 g/mol. The summed E-state index contributed by atoms with van der Waals surface area (Å²) in [6, 6.07) is 3.93. The molecule has 3 nitrogen and oxygen atoms in total. The van der Waals surface area contributed by atoms with E-state index in [1.807, 2.05) is 26.1 Å². The zero-order chi connectivity index (χ0) is 8.27. The highest BCUT2D eigenvalue weighted by atomic mass is 16.1. The van der Waals surface area contributed by atoms with Gasteiger partial charge in [0, 0.05) is 12.2 Å². The second-order valence-corrected chi connectivity index (χ2v) is 2.70. The third kappa shape index (κ3) is 1.83. The fourth-order valence-corrected chi connectivity index (χ4v) is 0.886. The van der Waals surface area contributed by atoms with Gasteiger partial charge in [-0.2, -0.15) is 0 Å². The van der Waals surface area contributed by atoms with Crippen molar-refractivity contribution in [3.05, 3.63) is 24.0 Å². The largest absolute Gasteiger partial charge is 0.323 e. The van der Waals surface area contributed by atoms with Gasteiger partial charge in [-0.15, -0.1) is 0 Å². The Morgan fingerprint density at radius 2 is 2.36 bits per heavy atom. The molecule has 0 radical (unpaired) electrons. The molecule has 0 fully saturated rings. The summed E-state index contributed by atoms with van der Waals surface area (Å²) in [5.74, 6) is 0. The Labute approximate surface area is 66.0 Å². The zero-order valence-corrected chi connectivity index (χ0v) is 6.74. The van der Waals surface area contributed by atoms with E-state index in [0.29, 0.717) is 11.7 Å². The standard InChI is InChI=1S/C8H12N2O/c1-7(2)9-10-5-3-4-8(10)6-11/h3-7,9H,1-2H3. The first kappa shape index (κ1) is 7.85. The Morgan fingerprint density at radius 1 is 1.64 bits per heavy atom. The Bertz CT molecular complexity index is 240. The first-order valence-corrected chi connectivity index (χ1v) is 3.63. The molecular formula is C8H12N2O. The van der Waals surface area contributed by atoms with Gasteiger partial charge in [-0.1, -0.05) is 0 Å². The van der Waals surface area contributed by atoms with Crippen LogP contribution < -0.4 is 5.43 Å². The van der Waals surface area contributed by atoms with Crippen molar-refractivity contribution in [1.82, 2.24) is 4.68 Å². The smallest absolute Gasteiger partial charge is 0.168 e. The van der Waals surface area contributed by atoms with E-state index < -0.39 is 0 Å². The van der Waals surface area contributed by atoms with Crippen molar-refractivity contribution in [2.75, 3.05) is 5.43 Å². The van der Waals surface area contributed by atoms with Crippen LogP contribution in [0.15, 0.2) is 18.3 Å². The Hall–Kier alpha value is -1.25. The van der Waals surface area contributed by atoms with E-state index in [0.717, 1.165) is 6.29 Å². The normalized spacial score (nSPS) is 10.1. The number of aldehydes is 1. The fourth-order valence-electron chi connectivity index (χ4n) is 0.886. The van der Waals surface area contributed by atoms with Crippen LogP contribution >= 0.6 is 0 Å². The maximum atomic E-state index is 10.4. The molecule has 0 aliphatic carbocycles. The van der Waals surface area contributed by atoms with Crippen molar-refractivity contribution < 1.29 is 4.79 Å². The molecule has 11 heavy (non-hydrogen) atoms. The third-order valence-electron chi connectivity index (χ3n) is 1.30. The summed E-state index contributed by atoms with van der Waals surface area (Å²) in [4.78, 5) is 10.4. The van der Waals surface area contributed by atoms with Crippen molar-refractivity contribution in [3.63, 3.8) is 0 Å². The van der Waals surface area contributed by atoms with E-state index >= 15 is 0 Å². The SMILES string of the molecule is CC(C)Nn1cccc1C=O. The minimum Gasteiger partial charge on any atom is -0.323 e. The molecule has 0 aliphatic heterocycles. The molecule has 0 aromatic carbocycles. The van der Waals surface area contributed by atoms with Crippen LogP contribution in [0.1, 0.15) is 24.3 Å². The predicted octanol–water partition coefficient (Wildman–Crippen LogP) is 1.25. The lowest BCUT2D eigenvalue weighted by atomic mass is 10.4. The Balaban J connectivity index is 2.76. The highest BCUT2D eigenvalue weighted by molar-refractivity contribution is 5.72. The van der Waals surface area contributed by atoms with E-state index in [9.17, 15) is 4.79 Å². The summed E-state index contributed by atoms with van der Waals surface area (Å²) in [5.41, 5.74) is 3.74. The highest BCUT2D eigenvalue weighted by Crippen LogP contribution is 1.96. The average molecular weight is 152 g/mol. The predicted molar refractivity (Wildman–Crippen MR) is 44.3 cm³/mol. The quantitative estimate of drug-likeness (QED) is 0.661. The molecule has 0 saturated carbocycles. The molecule has 3 heteroatoms. The van der Waals surface area contributed by atoms with Gasteiger partial charge in [-0.25, -0.2) is 0 Å². The molecule has 0 unspecified atom stereocenters. The van der Waals surface area contributed by atoms with Crippen LogP contribution in [0.5, 0.6) is 0 Å². The summed E-state index contributed by atoms with van der Waals surface area (Å²) in [7, 11) is 0. The number of carbonyl (C=O) groups excluding carboxylic acids is 1. The van der Waals surface area contributed by atoms with Crippen molar-refractivity contribution >= 4 is 6.29 Å². The number of rotatable bonds is 3. The lowest BCUT2D eigenvalue weighted by molar-refractivity contribution is 0.111. The summed E-state index contributed by atoms with van der Waals surface area (Å²) in [5, 5.41) is 0. The third-order valence-corrected chi connectivity index (χ3v) is 1.30. The minimum absolute atomic E-state index is 0.334. The molecule has 0 atom stereocenters. The lowest BCUT2D eigenvalue weighted by Crippen LogP contribution is -2.22. The fraction of sp³-hybridized carbons (Fsp3) is 0.375. The molecule has 60 valence electrons. The molecule has 0 saturated heterocycles. The van der Waals surface area contributed by atoms with Gasteiger partial charge in [-0.3, -0.25) is 9.47 Å². The van der Waals surface area contributed by atoms with E-state index in [2.05, 4.69) is 5.43 Å². The molecule has 0 aliphatic rings. The summed E-state index contributed by atoms with van der Waals surface area (Å²) >= 11 is 0. The van der Waals surface area contributed by atoms with Crippen molar-refractivity contribution in [2.45, 2.75) is 19.9 Å². The molecule has 0 amide bonds. The molecule has 1 N–H and O–H groups in total. The summed E-state index contributed by atoms with van der Waals surface area (Å²) in [6.45, 7) is 4.04. The van der Waals surface area contributed by atoms with Gasteiger partial charge >= 0.3 is 0 Å². The van der Waals surface area contributed by atoms with Crippen LogP contribution in [-0.2, 0) is 0 Å². The molecule has 0 spiro atoms. The summed E-state index contributed by atoms with van der Waals surface area (Å²) < 4.78 is 1.72. The number of nitrogens with zero attached hydrogens (tertiary/aromatic N) is 1. The van der Waals surface area contributed by atoms with E-state index in [1.165, 1.54) is 0 Å². The maximum absolute atomic E-state index is 10.4. The van der Waals surface area contributed by atoms with Gasteiger partial charge in [0.15, 0.2) is 6.29 Å². The Morgan fingerprint density at radius 3 is 2.91 bits per heavy atom. The van der Waals surface area contributed by atoms with Crippen LogP contribution in [0.25, 0.3) is 0 Å². The topological polar surface area (TPSA) is 34.0 Å². The number of hydrogen-bond acceptors (Lipinski definition) is 2. The first-order valence-electron chi connectivity index (χ1n) is 3.63. The maximum Gasteiger partial charge on any atom is 0.168 e. The van der Waals surface area contributed by atoms with Gasteiger partial charge in [0.05, 0.1) is 0 Å². The van der Waals surface area contributed by atoms with Crippen LogP contribution in [0.2, 0.25) is 0 Å². The lowest BCUT2D eigenvalue weighted by Gasteiger charge is -2.11. The van der Waals surface area contributed by atoms with Crippen molar-refractivity contribution in [1.29, 1.82) is 0 Å². The zero-order valence-electron chi connectivity index (χ0n) is 6.74. The van der Waals surface area contributed by atoms with Crippen LogP contribution in [0.3, 0.4) is 0 Å². The van der Waals surface area contributed by atoms with Gasteiger partial charge in [0.1, 0.15) is 5.69 Å². The number of hydrogen-bond donors (Lipinski definition) is 1. The van der Waals surface area contributed by atoms with E-state index in [-0.39, 0.29) is 0 Å². The van der Waals surface area contributed by atoms with Gasteiger partial charge in [0.25, 0.3) is 0 Å². The van der Waals surface area contributed by atoms with Crippen molar-refractivity contribution in [3.8, 4) is 0 Å². The molecule has 1 aromatic heterocycles. The van der Waals surface area contributed by atoms with Crippen LogP contribution in [0, 0.1) is 0 Å². The number of aromatic nitrogens is 1. The molecule has 1 rings (SSSR count). The van der Waals surface area contributed by atoms with Crippen molar-refractivity contribution in [2.24, 2.45) is 0 Å². The van der Waals surface area contributed by atoms with E-state index in [4.69, 9.17) is 0 Å². The molecule has 1 aromatic rings. The number of nitrogens with one attached hydrogen (secondary N) is 1. The van der Waals surface area contributed by atoms with Gasteiger partial charge in [0.2, 0.25) is 0 Å². The van der Waals surface area contributed by atoms with Crippen LogP contribution in [0.4, 0.5) is 0 Å². The summed E-state index contributed by atoms with van der Waals surface area (Å²) in [6.07, 6.45) is 2.65. The van der Waals surface area contributed by atoms with Gasteiger partial charge < -0.3 is 5.43 Å². The molecule has 1 heterocycles. The number of carbonyl (C=O) groups is 1. The van der Waals surface area contributed by atoms with E-state index in [1.54, 1.807) is 10.7 Å². The minimum atomic E-state index is 0.334. The Kier molecular flexibility index (Phi) is 2.31. The second kappa shape index (κ2) is 3.23. The van der Waals surface area contributed by atoms with Crippen LogP contribution in [-0.4, -0.2) is 17.0 Å².